The summed E-state index contributed by atoms with van der Waals surface area (Å²) in [5, 5.41) is 1.59. The van der Waals surface area contributed by atoms with Gasteiger partial charge in [0.15, 0.2) is 21.3 Å². The van der Waals surface area contributed by atoms with Crippen LogP contribution in [0.3, 0.4) is 0 Å². The molecule has 1 aromatic rings. The maximum Gasteiger partial charge on any atom is 0.238 e. The number of carbonyl (C=O) groups is 1. The van der Waals surface area contributed by atoms with Crippen LogP contribution in [0.5, 0.6) is 11.5 Å². The minimum absolute atomic E-state index is 0.224. The molecule has 0 saturated heterocycles. The van der Waals surface area contributed by atoms with Crippen molar-refractivity contribution in [3.8, 4) is 11.5 Å². The molecule has 20 heavy (non-hydrogen) atoms. The van der Waals surface area contributed by atoms with Crippen LogP contribution in [0, 0.1) is 0 Å². The minimum Gasteiger partial charge on any atom is -0.454 e. The number of ether oxygens (including phenoxy) is 2. The fourth-order valence-corrected chi connectivity index (χ4v) is 2.24. The van der Waals surface area contributed by atoms with E-state index in [0.717, 1.165) is 11.8 Å². The smallest absolute Gasteiger partial charge is 0.238 e. The maximum atomic E-state index is 11.6. The number of carbonyl (C=O) groups excluding carboxylic acids is 1. The lowest BCUT2D eigenvalue weighted by Crippen LogP contribution is -2.38. The summed E-state index contributed by atoms with van der Waals surface area (Å²) in [7, 11) is -3.35. The summed E-state index contributed by atoms with van der Waals surface area (Å²) in [6, 6.07) is 5.56. The monoisotopic (exact) mass is 299 g/mol. The predicted molar refractivity (Wildman–Crippen MR) is 73.6 cm³/mol. The van der Waals surface area contributed by atoms with Gasteiger partial charge in [-0.1, -0.05) is 6.07 Å². The summed E-state index contributed by atoms with van der Waals surface area (Å²) in [5.41, 5.74) is 0.988. The van der Waals surface area contributed by atoms with Crippen molar-refractivity contribution in [3.63, 3.8) is 0 Å². The van der Waals surface area contributed by atoms with E-state index in [4.69, 9.17) is 9.47 Å². The number of nitrogens with one attached hydrogen (secondary N) is 1. The SMILES string of the molecule is CC(C(=O)NCCc1ccc2c(c1)OCO2)S(C)(=O)=O. The Bertz CT molecular complexity index is 611. The highest BCUT2D eigenvalue weighted by Gasteiger charge is 2.22. The lowest BCUT2D eigenvalue weighted by atomic mass is 10.1. The van der Waals surface area contributed by atoms with Gasteiger partial charge in [-0.2, -0.15) is 0 Å². The molecule has 110 valence electrons. The molecule has 6 nitrogen and oxygen atoms in total. The number of hydrogen-bond acceptors (Lipinski definition) is 5. The lowest BCUT2D eigenvalue weighted by molar-refractivity contribution is -0.120. The van der Waals surface area contributed by atoms with Crippen LogP contribution in [-0.4, -0.2) is 39.2 Å². The maximum absolute atomic E-state index is 11.6. The van der Waals surface area contributed by atoms with Crippen LogP contribution in [0.4, 0.5) is 0 Å². The Kier molecular flexibility index (Phi) is 4.17. The molecule has 2 rings (SSSR count). The van der Waals surface area contributed by atoms with Gasteiger partial charge < -0.3 is 14.8 Å². The molecule has 0 aromatic heterocycles. The molecule has 1 amide bonds. The highest BCUT2D eigenvalue weighted by Crippen LogP contribution is 2.32. The minimum atomic E-state index is -3.35. The quantitative estimate of drug-likeness (QED) is 0.856. The van der Waals surface area contributed by atoms with Crippen LogP contribution in [0.25, 0.3) is 0 Å². The Balaban J connectivity index is 1.86. The standard InChI is InChI=1S/C13H17NO5S/c1-9(20(2,16)17)13(15)14-6-5-10-3-4-11-12(7-10)19-8-18-11/h3-4,7,9H,5-6,8H2,1-2H3,(H,14,15). The van der Waals surface area contributed by atoms with E-state index in [2.05, 4.69) is 5.32 Å². The molecule has 1 heterocycles. The Hall–Kier alpha value is -1.76. The molecule has 0 saturated carbocycles. The molecule has 0 aliphatic carbocycles. The summed E-state index contributed by atoms with van der Waals surface area (Å²) in [6.45, 7) is 1.98. The van der Waals surface area contributed by atoms with Crippen molar-refractivity contribution in [2.75, 3.05) is 19.6 Å². The van der Waals surface area contributed by atoms with E-state index in [1.807, 2.05) is 18.2 Å². The molecule has 1 unspecified atom stereocenters. The Morgan fingerprint density at radius 1 is 1.35 bits per heavy atom. The molecule has 1 aromatic carbocycles. The molecular weight excluding hydrogens is 282 g/mol. The molecule has 1 aliphatic heterocycles. The first-order chi connectivity index (χ1) is 9.38. The molecule has 7 heteroatoms. The number of hydrogen-bond donors (Lipinski definition) is 1. The van der Waals surface area contributed by atoms with E-state index in [9.17, 15) is 13.2 Å². The van der Waals surface area contributed by atoms with E-state index in [1.54, 1.807) is 0 Å². The molecule has 0 fully saturated rings. The van der Waals surface area contributed by atoms with Crippen molar-refractivity contribution < 1.29 is 22.7 Å². The van der Waals surface area contributed by atoms with Gasteiger partial charge >= 0.3 is 0 Å². The van der Waals surface area contributed by atoms with Gasteiger partial charge in [0.2, 0.25) is 12.7 Å². The van der Waals surface area contributed by atoms with Gasteiger partial charge in [0.05, 0.1) is 0 Å². The van der Waals surface area contributed by atoms with Crippen LogP contribution >= 0.6 is 0 Å². The number of sulfone groups is 1. The first-order valence-corrected chi connectivity index (χ1v) is 8.18. The topological polar surface area (TPSA) is 81.7 Å². The predicted octanol–water partition coefficient (Wildman–Crippen LogP) is 0.507. The third-order valence-corrected chi connectivity index (χ3v) is 4.66. The molecule has 0 spiro atoms. The summed E-state index contributed by atoms with van der Waals surface area (Å²) in [4.78, 5) is 11.6. The van der Waals surface area contributed by atoms with Gasteiger partial charge in [0.1, 0.15) is 5.25 Å². The van der Waals surface area contributed by atoms with E-state index < -0.39 is 21.0 Å². The van der Waals surface area contributed by atoms with E-state index in [-0.39, 0.29) is 6.79 Å². The third kappa shape index (κ3) is 3.41. The summed E-state index contributed by atoms with van der Waals surface area (Å²) < 4.78 is 33.0. The average molecular weight is 299 g/mol. The molecular formula is C13H17NO5S. The Morgan fingerprint density at radius 3 is 2.75 bits per heavy atom. The van der Waals surface area contributed by atoms with Crippen molar-refractivity contribution in [2.24, 2.45) is 0 Å². The summed E-state index contributed by atoms with van der Waals surface area (Å²) in [5.74, 6) is 0.926. The van der Waals surface area contributed by atoms with Crippen molar-refractivity contribution >= 4 is 15.7 Å². The van der Waals surface area contributed by atoms with Gasteiger partial charge in [0, 0.05) is 12.8 Å². The van der Waals surface area contributed by atoms with Gasteiger partial charge in [-0.15, -0.1) is 0 Å². The first-order valence-electron chi connectivity index (χ1n) is 6.23. The summed E-state index contributed by atoms with van der Waals surface area (Å²) in [6.07, 6.45) is 1.65. The van der Waals surface area contributed by atoms with Crippen LogP contribution in [0.1, 0.15) is 12.5 Å². The van der Waals surface area contributed by atoms with Crippen molar-refractivity contribution in [2.45, 2.75) is 18.6 Å². The first kappa shape index (κ1) is 14.6. The second-order valence-corrected chi connectivity index (χ2v) is 7.07. The Labute approximate surface area is 118 Å². The lowest BCUT2D eigenvalue weighted by Gasteiger charge is -2.10. The van der Waals surface area contributed by atoms with Gasteiger partial charge in [0.25, 0.3) is 0 Å². The van der Waals surface area contributed by atoms with E-state index >= 15 is 0 Å². The molecule has 1 aliphatic rings. The molecule has 1 atom stereocenters. The average Bonchev–Trinajstić information content (AvgIpc) is 2.84. The van der Waals surface area contributed by atoms with Crippen LogP contribution in [0.15, 0.2) is 18.2 Å². The van der Waals surface area contributed by atoms with Gasteiger partial charge in [-0.3, -0.25) is 4.79 Å². The number of rotatable bonds is 5. The number of amides is 1. The summed E-state index contributed by atoms with van der Waals surface area (Å²) >= 11 is 0. The highest BCUT2D eigenvalue weighted by atomic mass is 32.2. The number of fused-ring (bicyclic) bond motifs is 1. The van der Waals surface area contributed by atoms with Crippen molar-refractivity contribution in [1.82, 2.24) is 5.32 Å². The second-order valence-electron chi connectivity index (χ2n) is 4.70. The fraction of sp³-hybridized carbons (Fsp3) is 0.462. The van der Waals surface area contributed by atoms with E-state index in [0.29, 0.717) is 24.5 Å². The third-order valence-electron chi connectivity index (χ3n) is 3.16. The molecule has 0 radical (unpaired) electrons. The van der Waals surface area contributed by atoms with Gasteiger partial charge in [-0.05, 0) is 31.0 Å². The van der Waals surface area contributed by atoms with Crippen LogP contribution < -0.4 is 14.8 Å². The largest absolute Gasteiger partial charge is 0.454 e. The van der Waals surface area contributed by atoms with Crippen LogP contribution in [-0.2, 0) is 21.1 Å². The zero-order valence-electron chi connectivity index (χ0n) is 11.4. The normalized spacial score (nSPS) is 14.9. The van der Waals surface area contributed by atoms with Crippen molar-refractivity contribution in [3.05, 3.63) is 23.8 Å². The number of benzene rings is 1. The molecule has 0 bridgehead atoms. The van der Waals surface area contributed by atoms with E-state index in [1.165, 1.54) is 6.92 Å². The zero-order chi connectivity index (χ0) is 14.8. The second kappa shape index (κ2) is 5.70. The fourth-order valence-electron chi connectivity index (χ4n) is 1.76. The zero-order valence-corrected chi connectivity index (χ0v) is 12.2. The molecule has 1 N–H and O–H groups in total. The van der Waals surface area contributed by atoms with Crippen molar-refractivity contribution in [1.29, 1.82) is 0 Å². The Morgan fingerprint density at radius 2 is 2.05 bits per heavy atom. The van der Waals surface area contributed by atoms with Gasteiger partial charge in [-0.25, -0.2) is 8.42 Å². The highest BCUT2D eigenvalue weighted by molar-refractivity contribution is 7.92. The van der Waals surface area contributed by atoms with Crippen LogP contribution in [0.2, 0.25) is 0 Å².